The molecular formula is C32H28N4O5. The minimum absolute atomic E-state index is 0.0510. The van der Waals surface area contributed by atoms with Crippen LogP contribution in [0.25, 0.3) is 12.2 Å². The van der Waals surface area contributed by atoms with Gasteiger partial charge < -0.3 is 9.47 Å². The zero-order valence-electron chi connectivity index (χ0n) is 22.7. The molecule has 0 unspecified atom stereocenters. The predicted octanol–water partition coefficient (Wildman–Crippen LogP) is 6.34. The van der Waals surface area contributed by atoms with Gasteiger partial charge in [0.1, 0.15) is 23.1 Å². The number of carbonyl (C=O) groups is 1. The molecule has 9 heteroatoms. The first-order valence-electron chi connectivity index (χ1n) is 13.2. The van der Waals surface area contributed by atoms with Crippen molar-refractivity contribution in [3.63, 3.8) is 0 Å². The van der Waals surface area contributed by atoms with E-state index in [1.165, 1.54) is 35.4 Å². The van der Waals surface area contributed by atoms with Crippen LogP contribution in [0.2, 0.25) is 0 Å². The molecule has 0 radical (unpaired) electrons. The van der Waals surface area contributed by atoms with Gasteiger partial charge in [-0.2, -0.15) is 10.4 Å². The Kier molecular flexibility index (Phi) is 7.92. The van der Waals surface area contributed by atoms with Crippen molar-refractivity contribution in [1.82, 2.24) is 5.01 Å². The number of nitriles is 1. The first-order chi connectivity index (χ1) is 19.9. The molecule has 1 heterocycles. The van der Waals surface area contributed by atoms with E-state index in [4.69, 9.17) is 14.6 Å². The number of methoxy groups -OCH3 is 2. The Bertz CT molecular complexity index is 1580. The second-order valence-corrected chi connectivity index (χ2v) is 9.81. The minimum atomic E-state index is -0.530. The van der Waals surface area contributed by atoms with Gasteiger partial charge in [0.25, 0.3) is 11.6 Å². The lowest BCUT2D eigenvalue weighted by Gasteiger charge is -2.29. The summed E-state index contributed by atoms with van der Waals surface area (Å²) < 4.78 is 10.6. The Morgan fingerprint density at radius 3 is 2.20 bits per heavy atom. The molecule has 0 spiro atoms. The highest BCUT2D eigenvalue weighted by atomic mass is 16.6. The van der Waals surface area contributed by atoms with E-state index < -0.39 is 16.9 Å². The molecule has 2 aliphatic rings. The van der Waals surface area contributed by atoms with Gasteiger partial charge in [0, 0.05) is 18.1 Å². The molecule has 1 aliphatic carbocycles. The van der Waals surface area contributed by atoms with Crippen LogP contribution >= 0.6 is 0 Å². The number of hydrogen-bond donors (Lipinski definition) is 0. The molecule has 1 fully saturated rings. The highest BCUT2D eigenvalue weighted by Gasteiger charge is 2.44. The van der Waals surface area contributed by atoms with Crippen molar-refractivity contribution in [3.05, 3.63) is 111 Å². The van der Waals surface area contributed by atoms with Gasteiger partial charge >= 0.3 is 0 Å². The SMILES string of the molecule is COc1ccc(/C=C2\CCC[C@@H]3C2=NN(C(=O)/C(C#N)=C\c2ccc([N+](=O)[O-])cc2)[C@@H]3c2ccc(OC)cc2)cc1. The van der Waals surface area contributed by atoms with E-state index in [1.807, 2.05) is 54.6 Å². The zero-order chi connectivity index (χ0) is 28.9. The van der Waals surface area contributed by atoms with Gasteiger partial charge in [0.15, 0.2) is 0 Å². The lowest BCUT2D eigenvalue weighted by atomic mass is 9.77. The maximum Gasteiger partial charge on any atom is 0.285 e. The number of hydrogen-bond acceptors (Lipinski definition) is 7. The summed E-state index contributed by atoms with van der Waals surface area (Å²) in [6.45, 7) is 0. The van der Waals surface area contributed by atoms with Crippen molar-refractivity contribution in [1.29, 1.82) is 5.26 Å². The van der Waals surface area contributed by atoms with Crippen LogP contribution in [-0.4, -0.2) is 35.8 Å². The van der Waals surface area contributed by atoms with E-state index in [0.717, 1.165) is 47.4 Å². The highest BCUT2D eigenvalue weighted by Crippen LogP contribution is 2.45. The van der Waals surface area contributed by atoms with Crippen LogP contribution in [-0.2, 0) is 4.79 Å². The number of nitro benzene ring substituents is 1. The molecular weight excluding hydrogens is 520 g/mol. The van der Waals surface area contributed by atoms with Crippen LogP contribution < -0.4 is 9.47 Å². The summed E-state index contributed by atoms with van der Waals surface area (Å²) in [5.74, 6) is 0.889. The van der Waals surface area contributed by atoms with Crippen molar-refractivity contribution in [3.8, 4) is 17.6 Å². The normalized spacial score (nSPS) is 19.2. The number of hydrazone groups is 1. The Balaban J connectivity index is 1.54. The van der Waals surface area contributed by atoms with Crippen molar-refractivity contribution < 1.29 is 19.2 Å². The van der Waals surface area contributed by atoms with Crippen LogP contribution in [0.5, 0.6) is 11.5 Å². The molecule has 0 saturated heterocycles. The smallest absolute Gasteiger partial charge is 0.285 e. The quantitative estimate of drug-likeness (QED) is 0.147. The second kappa shape index (κ2) is 11.9. The fraction of sp³-hybridized carbons (Fsp3) is 0.219. The Morgan fingerprint density at radius 1 is 1.00 bits per heavy atom. The summed E-state index contributed by atoms with van der Waals surface area (Å²) in [7, 11) is 3.23. The number of benzene rings is 3. The number of carbonyl (C=O) groups excluding carboxylic acids is 1. The summed E-state index contributed by atoms with van der Waals surface area (Å²) in [6.07, 6.45) is 6.13. The average Bonchev–Trinajstić information content (AvgIpc) is 3.41. The van der Waals surface area contributed by atoms with Gasteiger partial charge in [-0.15, -0.1) is 0 Å². The minimum Gasteiger partial charge on any atom is -0.497 e. The number of fused-ring (bicyclic) bond motifs is 1. The van der Waals surface area contributed by atoms with Gasteiger partial charge in [-0.25, -0.2) is 5.01 Å². The molecule has 5 rings (SSSR count). The Labute approximate surface area is 237 Å². The number of nitro groups is 1. The number of nitrogens with zero attached hydrogens (tertiary/aromatic N) is 4. The van der Waals surface area contributed by atoms with Crippen molar-refractivity contribution in [2.75, 3.05) is 14.2 Å². The lowest BCUT2D eigenvalue weighted by molar-refractivity contribution is -0.384. The van der Waals surface area contributed by atoms with Crippen LogP contribution in [0.15, 0.2) is 89.0 Å². The fourth-order valence-electron chi connectivity index (χ4n) is 5.33. The van der Waals surface area contributed by atoms with E-state index in [9.17, 15) is 20.2 Å². The van der Waals surface area contributed by atoms with E-state index in [0.29, 0.717) is 11.3 Å². The Morgan fingerprint density at radius 2 is 1.61 bits per heavy atom. The average molecular weight is 549 g/mol. The predicted molar refractivity (Wildman–Crippen MR) is 155 cm³/mol. The van der Waals surface area contributed by atoms with Gasteiger partial charge in [-0.3, -0.25) is 14.9 Å². The summed E-state index contributed by atoms with van der Waals surface area (Å²) in [5, 5.41) is 27.3. The molecule has 1 aliphatic heterocycles. The third kappa shape index (κ3) is 5.72. The largest absolute Gasteiger partial charge is 0.497 e. The number of amides is 1. The van der Waals surface area contributed by atoms with Gasteiger partial charge in [-0.05, 0) is 90.1 Å². The first-order valence-corrected chi connectivity index (χ1v) is 13.2. The molecule has 1 saturated carbocycles. The third-order valence-corrected chi connectivity index (χ3v) is 7.39. The van der Waals surface area contributed by atoms with Crippen molar-refractivity contribution in [2.24, 2.45) is 11.0 Å². The number of rotatable bonds is 7. The van der Waals surface area contributed by atoms with Crippen LogP contribution in [0, 0.1) is 27.4 Å². The van der Waals surface area contributed by atoms with Crippen LogP contribution in [0.1, 0.15) is 42.0 Å². The van der Waals surface area contributed by atoms with Gasteiger partial charge in [0.05, 0.1) is 30.9 Å². The van der Waals surface area contributed by atoms with Gasteiger partial charge in [0.2, 0.25) is 0 Å². The van der Waals surface area contributed by atoms with Crippen molar-refractivity contribution >= 4 is 29.5 Å². The maximum atomic E-state index is 13.9. The molecule has 1 amide bonds. The van der Waals surface area contributed by atoms with Crippen LogP contribution in [0.4, 0.5) is 5.69 Å². The fourth-order valence-corrected chi connectivity index (χ4v) is 5.33. The summed E-state index contributed by atoms with van der Waals surface area (Å²) in [4.78, 5) is 24.4. The van der Waals surface area contributed by atoms with E-state index in [-0.39, 0.29) is 17.2 Å². The van der Waals surface area contributed by atoms with E-state index in [2.05, 4.69) is 6.08 Å². The van der Waals surface area contributed by atoms with E-state index in [1.54, 1.807) is 14.2 Å². The Hall–Kier alpha value is -5.23. The zero-order valence-corrected chi connectivity index (χ0v) is 22.7. The first kappa shape index (κ1) is 27.3. The van der Waals surface area contributed by atoms with Crippen LogP contribution in [0.3, 0.4) is 0 Å². The summed E-state index contributed by atoms with van der Waals surface area (Å²) in [6, 6.07) is 22.6. The molecule has 206 valence electrons. The number of ether oxygens (including phenoxy) is 2. The summed E-state index contributed by atoms with van der Waals surface area (Å²) in [5.41, 5.74) is 4.11. The molecule has 9 nitrogen and oxygen atoms in total. The maximum absolute atomic E-state index is 13.9. The molecule has 3 aromatic carbocycles. The molecule has 0 bridgehead atoms. The van der Waals surface area contributed by atoms with E-state index >= 15 is 0 Å². The highest BCUT2D eigenvalue weighted by molar-refractivity contribution is 6.10. The molecule has 2 atom stereocenters. The number of non-ortho nitro benzene ring substituents is 1. The third-order valence-electron chi connectivity index (χ3n) is 7.39. The molecule has 3 aromatic rings. The molecule has 0 aromatic heterocycles. The second-order valence-electron chi connectivity index (χ2n) is 9.81. The lowest BCUT2D eigenvalue weighted by Crippen LogP contribution is -2.32. The topological polar surface area (TPSA) is 118 Å². The number of allylic oxidation sites excluding steroid dienone is 1. The monoisotopic (exact) mass is 548 g/mol. The standard InChI is InChI=1S/C32H28N4O5/c1-40-27-14-8-22(9-15-27)18-24-4-3-5-29-30(24)34-35(31(29)23-10-16-28(41-2)17-11-23)32(37)25(20-33)19-21-6-12-26(13-7-21)36(38)39/h6-19,29,31H,3-5H2,1-2H3/b24-18+,25-19-/t29-,31-/m1/s1. The summed E-state index contributed by atoms with van der Waals surface area (Å²) >= 11 is 0. The molecule has 0 N–H and O–H groups in total. The molecule has 41 heavy (non-hydrogen) atoms. The van der Waals surface area contributed by atoms with Gasteiger partial charge in [-0.1, -0.05) is 24.3 Å². The van der Waals surface area contributed by atoms with Crippen molar-refractivity contribution in [2.45, 2.75) is 25.3 Å².